The lowest BCUT2D eigenvalue weighted by Crippen LogP contribution is -2.48. The molecule has 0 spiro atoms. The van der Waals surface area contributed by atoms with Gasteiger partial charge in [0, 0.05) is 16.7 Å². The van der Waals surface area contributed by atoms with Crippen molar-refractivity contribution in [3.63, 3.8) is 0 Å². The smallest absolute Gasteiger partial charge is 0.181 e. The first kappa shape index (κ1) is 24.9. The normalized spacial score (nSPS) is 24.0. The van der Waals surface area contributed by atoms with Gasteiger partial charge in [-0.05, 0) is 90.5 Å². The van der Waals surface area contributed by atoms with Gasteiger partial charge in [-0.25, -0.2) is 19.9 Å². The van der Waals surface area contributed by atoms with Crippen molar-refractivity contribution in [2.45, 2.75) is 43.9 Å². The maximum atomic E-state index is 5.95. The zero-order chi connectivity index (χ0) is 28.4. The Labute approximate surface area is 251 Å². The van der Waals surface area contributed by atoms with Gasteiger partial charge < -0.3 is 4.42 Å². The molecular formula is C38H32N4O. The van der Waals surface area contributed by atoms with Crippen LogP contribution >= 0.6 is 0 Å². The maximum Gasteiger partial charge on any atom is 0.181 e. The van der Waals surface area contributed by atoms with E-state index < -0.39 is 0 Å². The quantitative estimate of drug-likeness (QED) is 0.210. The predicted octanol–water partition coefficient (Wildman–Crippen LogP) is 9.15. The summed E-state index contributed by atoms with van der Waals surface area (Å²) in [5, 5.41) is 0. The van der Waals surface area contributed by atoms with Gasteiger partial charge >= 0.3 is 0 Å². The van der Waals surface area contributed by atoms with Gasteiger partial charge in [-0.3, -0.25) is 0 Å². The second-order valence-corrected chi connectivity index (χ2v) is 13.0. The van der Waals surface area contributed by atoms with Gasteiger partial charge in [0.05, 0.1) is 0 Å². The van der Waals surface area contributed by atoms with Crippen LogP contribution in [0, 0.1) is 17.8 Å². The zero-order valence-corrected chi connectivity index (χ0v) is 24.0. The topological polar surface area (TPSA) is 64.7 Å². The van der Waals surface area contributed by atoms with Gasteiger partial charge in [-0.1, -0.05) is 84.9 Å². The summed E-state index contributed by atoms with van der Waals surface area (Å²) in [6.07, 6.45) is 9.81. The molecule has 0 atom stereocenters. The molecule has 4 saturated carbocycles. The highest BCUT2D eigenvalue weighted by atomic mass is 16.3. The highest BCUT2D eigenvalue weighted by Crippen LogP contribution is 2.61. The zero-order valence-electron chi connectivity index (χ0n) is 24.0. The second kappa shape index (κ2) is 9.70. The number of hydrogen-bond donors (Lipinski definition) is 0. The van der Waals surface area contributed by atoms with Crippen LogP contribution in [0.3, 0.4) is 0 Å². The fraction of sp³-hybridized carbons (Fsp3) is 0.263. The Bertz CT molecular complexity index is 1850. The second-order valence-electron chi connectivity index (χ2n) is 13.0. The highest BCUT2D eigenvalue weighted by molar-refractivity contribution is 5.85. The van der Waals surface area contributed by atoms with Crippen molar-refractivity contribution in [3.05, 3.63) is 109 Å². The molecule has 0 aliphatic heterocycles. The predicted molar refractivity (Wildman–Crippen MR) is 169 cm³/mol. The van der Waals surface area contributed by atoms with E-state index in [9.17, 15) is 0 Å². The molecule has 2 aromatic heterocycles. The van der Waals surface area contributed by atoms with Crippen molar-refractivity contribution < 1.29 is 4.42 Å². The SMILES string of the molecule is c1ccc(-c2nc(-c3ccccc3)nc(-c3ccc(-c4cc(C56CC7CC(CC(C7)C5)C6)c5ncoc5c4)cc3)n2)cc1. The van der Waals surface area contributed by atoms with Gasteiger partial charge in [-0.15, -0.1) is 0 Å². The molecule has 4 bridgehead atoms. The Hall–Kier alpha value is -4.64. The van der Waals surface area contributed by atoms with Crippen LogP contribution < -0.4 is 0 Å². The first-order valence-electron chi connectivity index (χ1n) is 15.5. The summed E-state index contributed by atoms with van der Waals surface area (Å²) < 4.78 is 5.95. The van der Waals surface area contributed by atoms with E-state index in [1.165, 1.54) is 49.7 Å². The standard InChI is InChI=1S/C38H32N4O/c1-3-7-28(8-4-1)35-40-36(29-9-5-2-6-10-29)42-37(41-35)30-13-11-27(12-14-30)31-18-32(34-33(19-31)43-23-39-34)38-20-24-15-25(21-38)17-26(16-24)22-38/h1-14,18-19,23-26H,15-17,20-22H2. The summed E-state index contributed by atoms with van der Waals surface area (Å²) in [5.74, 6) is 4.63. The van der Waals surface area contributed by atoms with Crippen LogP contribution in [0.15, 0.2) is 108 Å². The van der Waals surface area contributed by atoms with Crippen molar-refractivity contribution in [1.29, 1.82) is 0 Å². The Morgan fingerprint density at radius 3 is 1.56 bits per heavy atom. The number of nitrogens with zero attached hydrogens (tertiary/aromatic N) is 4. The van der Waals surface area contributed by atoms with E-state index >= 15 is 0 Å². The molecule has 4 aromatic carbocycles. The summed E-state index contributed by atoms with van der Waals surface area (Å²) in [4.78, 5) is 19.4. The minimum absolute atomic E-state index is 0.242. The molecule has 5 heteroatoms. The molecule has 2 heterocycles. The monoisotopic (exact) mass is 560 g/mol. The minimum atomic E-state index is 0.242. The molecule has 4 fully saturated rings. The molecule has 5 nitrogen and oxygen atoms in total. The molecule has 10 rings (SSSR count). The molecule has 4 aliphatic carbocycles. The third-order valence-corrected chi connectivity index (χ3v) is 10.2. The average molecular weight is 561 g/mol. The molecule has 0 unspecified atom stereocenters. The molecule has 6 aromatic rings. The Morgan fingerprint density at radius 2 is 1.02 bits per heavy atom. The van der Waals surface area contributed by atoms with Crippen molar-refractivity contribution in [2.24, 2.45) is 17.8 Å². The van der Waals surface area contributed by atoms with Crippen molar-refractivity contribution in [1.82, 2.24) is 19.9 Å². The van der Waals surface area contributed by atoms with E-state index in [2.05, 4.69) is 36.4 Å². The Balaban J connectivity index is 1.11. The lowest BCUT2D eigenvalue weighted by Gasteiger charge is -2.57. The van der Waals surface area contributed by atoms with Crippen LogP contribution in [-0.4, -0.2) is 19.9 Å². The Morgan fingerprint density at radius 1 is 0.535 bits per heavy atom. The summed E-state index contributed by atoms with van der Waals surface area (Å²) in [5.41, 5.74) is 8.86. The molecule has 0 radical (unpaired) electrons. The third-order valence-electron chi connectivity index (χ3n) is 10.2. The van der Waals surface area contributed by atoms with Crippen molar-refractivity contribution >= 4 is 11.1 Å². The van der Waals surface area contributed by atoms with E-state index in [0.717, 1.165) is 51.1 Å². The van der Waals surface area contributed by atoms with E-state index in [1.807, 2.05) is 60.7 Å². The first-order valence-corrected chi connectivity index (χ1v) is 15.5. The molecule has 4 aliphatic rings. The van der Waals surface area contributed by atoms with Gasteiger partial charge in [0.1, 0.15) is 5.52 Å². The number of benzene rings is 4. The molecule has 0 saturated heterocycles. The summed E-state index contributed by atoms with van der Waals surface area (Å²) in [6, 6.07) is 33.4. The van der Waals surface area contributed by atoms with Gasteiger partial charge in [0.2, 0.25) is 0 Å². The number of aromatic nitrogens is 4. The molecule has 0 N–H and O–H groups in total. The van der Waals surface area contributed by atoms with Crippen LogP contribution in [-0.2, 0) is 5.41 Å². The van der Waals surface area contributed by atoms with Gasteiger partial charge in [0.15, 0.2) is 29.4 Å². The van der Waals surface area contributed by atoms with Gasteiger partial charge in [0.25, 0.3) is 0 Å². The number of fused-ring (bicyclic) bond motifs is 1. The van der Waals surface area contributed by atoms with E-state index in [4.69, 9.17) is 24.4 Å². The van der Waals surface area contributed by atoms with Gasteiger partial charge in [-0.2, -0.15) is 0 Å². The summed E-state index contributed by atoms with van der Waals surface area (Å²) in [7, 11) is 0. The van der Waals surface area contributed by atoms with Crippen LogP contribution in [0.1, 0.15) is 44.1 Å². The number of hydrogen-bond acceptors (Lipinski definition) is 5. The van der Waals surface area contributed by atoms with Crippen molar-refractivity contribution in [2.75, 3.05) is 0 Å². The minimum Gasteiger partial charge on any atom is -0.443 e. The van der Waals surface area contributed by atoms with E-state index in [-0.39, 0.29) is 5.41 Å². The van der Waals surface area contributed by atoms with Crippen LogP contribution in [0.4, 0.5) is 0 Å². The molecule has 0 amide bonds. The lowest BCUT2D eigenvalue weighted by molar-refractivity contribution is -0.00455. The Kier molecular flexibility index (Phi) is 5.62. The van der Waals surface area contributed by atoms with E-state index in [0.29, 0.717) is 17.5 Å². The van der Waals surface area contributed by atoms with Crippen LogP contribution in [0.5, 0.6) is 0 Å². The fourth-order valence-corrected chi connectivity index (χ4v) is 8.73. The highest BCUT2D eigenvalue weighted by Gasteiger charge is 2.52. The summed E-state index contributed by atoms with van der Waals surface area (Å²) >= 11 is 0. The summed E-state index contributed by atoms with van der Waals surface area (Å²) in [6.45, 7) is 0. The first-order chi connectivity index (χ1) is 21.2. The molecule has 210 valence electrons. The molecular weight excluding hydrogens is 528 g/mol. The largest absolute Gasteiger partial charge is 0.443 e. The maximum absolute atomic E-state index is 5.95. The van der Waals surface area contributed by atoms with E-state index in [1.54, 1.807) is 6.39 Å². The number of oxazole rings is 1. The third kappa shape index (κ3) is 4.29. The average Bonchev–Trinajstić information content (AvgIpc) is 3.53. The fourth-order valence-electron chi connectivity index (χ4n) is 8.73. The van der Waals surface area contributed by atoms with Crippen LogP contribution in [0.25, 0.3) is 56.4 Å². The lowest BCUT2D eigenvalue weighted by atomic mass is 9.48. The molecule has 43 heavy (non-hydrogen) atoms. The number of rotatable bonds is 5. The van der Waals surface area contributed by atoms with Crippen molar-refractivity contribution in [3.8, 4) is 45.3 Å². The van der Waals surface area contributed by atoms with Crippen LogP contribution in [0.2, 0.25) is 0 Å².